The Kier molecular flexibility index (Phi) is 6.21. The molecule has 2 amide bonds. The maximum Gasteiger partial charge on any atom is 0.414 e. The molecule has 2 aliphatic rings. The van der Waals surface area contributed by atoms with Gasteiger partial charge in [0.25, 0.3) is 0 Å². The Labute approximate surface area is 161 Å². The van der Waals surface area contributed by atoms with Crippen LogP contribution in [0.15, 0.2) is 24.3 Å². The first-order valence-electron chi connectivity index (χ1n) is 9.72. The van der Waals surface area contributed by atoms with Crippen LogP contribution in [0.4, 0.5) is 16.2 Å². The van der Waals surface area contributed by atoms with Gasteiger partial charge < -0.3 is 15.0 Å². The molecule has 7 nitrogen and oxygen atoms in total. The first-order valence-corrected chi connectivity index (χ1v) is 9.72. The molecule has 27 heavy (non-hydrogen) atoms. The van der Waals surface area contributed by atoms with Crippen LogP contribution in [-0.4, -0.2) is 68.8 Å². The van der Waals surface area contributed by atoms with E-state index in [-0.39, 0.29) is 18.1 Å². The number of carbonyl (C=O) groups is 2. The number of ether oxygens (including phenoxy) is 1. The number of hydrogen-bond donors (Lipinski definition) is 1. The fourth-order valence-corrected chi connectivity index (χ4v) is 3.64. The topological polar surface area (TPSA) is 65.1 Å². The molecule has 1 aromatic carbocycles. The summed E-state index contributed by atoms with van der Waals surface area (Å²) in [7, 11) is 0. The van der Waals surface area contributed by atoms with Crippen molar-refractivity contribution in [1.29, 1.82) is 0 Å². The molecular formula is C20H30N4O3. The SMILES string of the molecule is CC(=O)NC[C@H]1CN(c2ccc(N3CCN(CC(C)C)CC3)cc2)C(=O)O1. The number of benzene rings is 1. The first-order chi connectivity index (χ1) is 12.9. The highest BCUT2D eigenvalue weighted by Gasteiger charge is 2.32. The molecule has 0 aliphatic carbocycles. The van der Waals surface area contributed by atoms with Crippen LogP contribution >= 0.6 is 0 Å². The molecule has 3 rings (SSSR count). The Morgan fingerprint density at radius 1 is 1.15 bits per heavy atom. The first kappa shape index (κ1) is 19.5. The van der Waals surface area contributed by atoms with Crippen molar-refractivity contribution in [3.8, 4) is 0 Å². The van der Waals surface area contributed by atoms with Crippen LogP contribution in [0.1, 0.15) is 20.8 Å². The van der Waals surface area contributed by atoms with Gasteiger partial charge in [-0.2, -0.15) is 0 Å². The third-order valence-electron chi connectivity index (χ3n) is 4.97. The molecule has 1 atom stereocenters. The van der Waals surface area contributed by atoms with Gasteiger partial charge in [0.1, 0.15) is 6.10 Å². The Morgan fingerprint density at radius 3 is 2.37 bits per heavy atom. The van der Waals surface area contributed by atoms with Gasteiger partial charge in [0.2, 0.25) is 5.91 Å². The second-order valence-corrected chi connectivity index (χ2v) is 7.75. The van der Waals surface area contributed by atoms with E-state index in [1.54, 1.807) is 4.90 Å². The Balaban J connectivity index is 1.55. The summed E-state index contributed by atoms with van der Waals surface area (Å²) < 4.78 is 5.33. The quantitative estimate of drug-likeness (QED) is 0.824. The van der Waals surface area contributed by atoms with Crippen molar-refractivity contribution >= 4 is 23.4 Å². The van der Waals surface area contributed by atoms with Crippen molar-refractivity contribution in [2.45, 2.75) is 26.9 Å². The lowest BCUT2D eigenvalue weighted by molar-refractivity contribution is -0.119. The Morgan fingerprint density at radius 2 is 1.78 bits per heavy atom. The van der Waals surface area contributed by atoms with E-state index in [2.05, 4.69) is 41.1 Å². The molecule has 2 fully saturated rings. The van der Waals surface area contributed by atoms with Crippen LogP contribution in [0.3, 0.4) is 0 Å². The predicted octanol–water partition coefficient (Wildman–Crippen LogP) is 1.93. The predicted molar refractivity (Wildman–Crippen MR) is 106 cm³/mol. The highest BCUT2D eigenvalue weighted by Crippen LogP contribution is 2.25. The fraction of sp³-hybridized carbons (Fsp3) is 0.600. The molecule has 1 N–H and O–H groups in total. The van der Waals surface area contributed by atoms with Crippen molar-refractivity contribution in [2.75, 3.05) is 55.6 Å². The van der Waals surface area contributed by atoms with E-state index in [9.17, 15) is 9.59 Å². The Hall–Kier alpha value is -2.28. The lowest BCUT2D eigenvalue weighted by Gasteiger charge is -2.37. The van der Waals surface area contributed by atoms with E-state index < -0.39 is 0 Å². The van der Waals surface area contributed by atoms with Crippen LogP contribution in [-0.2, 0) is 9.53 Å². The van der Waals surface area contributed by atoms with Crippen molar-refractivity contribution in [2.24, 2.45) is 5.92 Å². The molecule has 0 saturated carbocycles. The summed E-state index contributed by atoms with van der Waals surface area (Å²) >= 11 is 0. The zero-order valence-electron chi connectivity index (χ0n) is 16.5. The molecular weight excluding hydrogens is 344 g/mol. The molecule has 148 valence electrons. The molecule has 0 spiro atoms. The largest absolute Gasteiger partial charge is 0.442 e. The minimum Gasteiger partial charge on any atom is -0.442 e. The fourth-order valence-electron chi connectivity index (χ4n) is 3.64. The molecule has 0 unspecified atom stereocenters. The van der Waals surface area contributed by atoms with Gasteiger partial charge in [-0.3, -0.25) is 14.6 Å². The van der Waals surface area contributed by atoms with Gasteiger partial charge in [-0.25, -0.2) is 4.79 Å². The van der Waals surface area contributed by atoms with E-state index in [0.29, 0.717) is 19.0 Å². The van der Waals surface area contributed by atoms with Crippen molar-refractivity contribution < 1.29 is 14.3 Å². The highest BCUT2D eigenvalue weighted by atomic mass is 16.6. The maximum absolute atomic E-state index is 12.1. The molecule has 2 aliphatic heterocycles. The number of piperazine rings is 1. The van der Waals surface area contributed by atoms with Crippen LogP contribution in [0.2, 0.25) is 0 Å². The molecule has 2 saturated heterocycles. The van der Waals surface area contributed by atoms with E-state index >= 15 is 0 Å². The summed E-state index contributed by atoms with van der Waals surface area (Å²) in [4.78, 5) is 29.7. The van der Waals surface area contributed by atoms with Gasteiger partial charge in [-0.05, 0) is 30.2 Å². The molecule has 2 heterocycles. The van der Waals surface area contributed by atoms with Gasteiger partial charge >= 0.3 is 6.09 Å². The van der Waals surface area contributed by atoms with Crippen LogP contribution < -0.4 is 15.1 Å². The lowest BCUT2D eigenvalue weighted by atomic mass is 10.1. The second kappa shape index (κ2) is 8.61. The molecule has 0 aromatic heterocycles. The van der Waals surface area contributed by atoms with Gasteiger partial charge in [0.15, 0.2) is 0 Å². The highest BCUT2D eigenvalue weighted by molar-refractivity contribution is 5.90. The number of rotatable bonds is 6. The molecule has 7 heteroatoms. The third-order valence-corrected chi connectivity index (χ3v) is 4.97. The van der Waals surface area contributed by atoms with E-state index in [4.69, 9.17) is 4.74 Å². The number of nitrogens with one attached hydrogen (secondary N) is 1. The molecule has 0 radical (unpaired) electrons. The van der Waals surface area contributed by atoms with Crippen molar-refractivity contribution in [3.05, 3.63) is 24.3 Å². The number of hydrogen-bond acceptors (Lipinski definition) is 5. The third kappa shape index (κ3) is 5.13. The summed E-state index contributed by atoms with van der Waals surface area (Å²) in [5.74, 6) is 0.577. The van der Waals surface area contributed by atoms with Crippen molar-refractivity contribution in [1.82, 2.24) is 10.2 Å². The summed E-state index contributed by atoms with van der Waals surface area (Å²) in [5.41, 5.74) is 2.01. The van der Waals surface area contributed by atoms with Crippen LogP contribution in [0.25, 0.3) is 0 Å². The zero-order valence-corrected chi connectivity index (χ0v) is 16.5. The summed E-state index contributed by atoms with van der Waals surface area (Å²) in [6.07, 6.45) is -0.671. The standard InChI is InChI=1S/C20H30N4O3/c1-15(2)13-22-8-10-23(11-9-22)17-4-6-18(7-5-17)24-14-19(27-20(24)26)12-21-16(3)25/h4-7,15,19H,8-14H2,1-3H3,(H,21,25)/t19-/m0/s1. The average molecular weight is 374 g/mol. The zero-order chi connectivity index (χ0) is 19.4. The minimum absolute atomic E-state index is 0.123. The Bertz CT molecular complexity index is 654. The number of nitrogens with zero attached hydrogens (tertiary/aromatic N) is 3. The summed E-state index contributed by atoms with van der Waals surface area (Å²) in [6.45, 7) is 12.1. The van der Waals surface area contributed by atoms with E-state index in [1.165, 1.54) is 12.6 Å². The average Bonchev–Trinajstić information content (AvgIpc) is 3.01. The second-order valence-electron chi connectivity index (χ2n) is 7.75. The number of carbonyl (C=O) groups excluding carboxylic acids is 2. The smallest absolute Gasteiger partial charge is 0.414 e. The van der Waals surface area contributed by atoms with Gasteiger partial charge in [0, 0.05) is 51.0 Å². The molecule has 0 bridgehead atoms. The molecule has 1 aromatic rings. The number of cyclic esters (lactones) is 1. The van der Waals surface area contributed by atoms with Gasteiger partial charge in [-0.1, -0.05) is 13.8 Å². The monoisotopic (exact) mass is 374 g/mol. The van der Waals surface area contributed by atoms with Gasteiger partial charge in [0.05, 0.1) is 13.1 Å². The number of anilines is 2. The normalized spacial score (nSPS) is 20.9. The van der Waals surface area contributed by atoms with E-state index in [1.807, 2.05) is 12.1 Å². The van der Waals surface area contributed by atoms with Gasteiger partial charge in [-0.15, -0.1) is 0 Å². The van der Waals surface area contributed by atoms with E-state index in [0.717, 1.165) is 38.4 Å². The maximum atomic E-state index is 12.1. The minimum atomic E-state index is -0.361. The lowest BCUT2D eigenvalue weighted by Crippen LogP contribution is -2.47. The van der Waals surface area contributed by atoms with Crippen LogP contribution in [0.5, 0.6) is 0 Å². The van der Waals surface area contributed by atoms with Crippen LogP contribution in [0, 0.1) is 5.92 Å². The number of amides is 2. The van der Waals surface area contributed by atoms with Crippen molar-refractivity contribution in [3.63, 3.8) is 0 Å². The summed E-state index contributed by atoms with van der Waals surface area (Å²) in [6, 6.07) is 8.08. The summed E-state index contributed by atoms with van der Waals surface area (Å²) in [5, 5.41) is 2.69.